The Morgan fingerprint density at radius 3 is 2.45 bits per heavy atom. The highest BCUT2D eigenvalue weighted by Gasteiger charge is 2.05. The molecule has 7 heteroatoms. The lowest BCUT2D eigenvalue weighted by molar-refractivity contribution is -0.229. The van der Waals surface area contributed by atoms with Crippen molar-refractivity contribution in [1.82, 2.24) is 0 Å². The van der Waals surface area contributed by atoms with Gasteiger partial charge in [-0.05, 0) is 31.0 Å². The van der Waals surface area contributed by atoms with Crippen molar-refractivity contribution in [3.63, 3.8) is 0 Å². The second-order valence-corrected chi connectivity index (χ2v) is 4.11. The third-order valence-electron chi connectivity index (χ3n) is 2.46. The first-order valence-electron chi connectivity index (χ1n) is 6.30. The molecule has 22 heavy (non-hydrogen) atoms. The zero-order valence-corrected chi connectivity index (χ0v) is 12.3. The van der Waals surface area contributed by atoms with Crippen LogP contribution in [0.2, 0.25) is 0 Å². The standard InChI is InChI=1S/C9H6N2O2.C6H10O3/c1-7-2-3-8(10-5-12)4-9(7)11-6-13;1-3-4-5(2)6(7)9-8/h2-4H,1H3;8H,2-4H2,1H3. The zero-order valence-electron chi connectivity index (χ0n) is 12.3. The van der Waals surface area contributed by atoms with Crippen molar-refractivity contribution in [3.8, 4) is 0 Å². The predicted molar refractivity (Wildman–Crippen MR) is 79.5 cm³/mol. The van der Waals surface area contributed by atoms with Crippen molar-refractivity contribution in [1.29, 1.82) is 0 Å². The highest BCUT2D eigenvalue weighted by Crippen LogP contribution is 2.23. The number of rotatable bonds is 5. The van der Waals surface area contributed by atoms with E-state index in [1.165, 1.54) is 18.2 Å². The van der Waals surface area contributed by atoms with E-state index in [2.05, 4.69) is 21.5 Å². The molecule has 0 saturated heterocycles. The molecule has 1 N–H and O–H groups in total. The van der Waals surface area contributed by atoms with Gasteiger partial charge in [-0.1, -0.05) is 26.0 Å². The summed E-state index contributed by atoms with van der Waals surface area (Å²) in [7, 11) is 0. The molecule has 0 atom stereocenters. The maximum Gasteiger partial charge on any atom is 0.368 e. The van der Waals surface area contributed by atoms with Gasteiger partial charge in [0.25, 0.3) is 0 Å². The van der Waals surface area contributed by atoms with Crippen molar-refractivity contribution >= 4 is 29.5 Å². The van der Waals surface area contributed by atoms with Crippen LogP contribution in [0.5, 0.6) is 0 Å². The van der Waals surface area contributed by atoms with Crippen molar-refractivity contribution in [2.75, 3.05) is 0 Å². The highest BCUT2D eigenvalue weighted by molar-refractivity contribution is 5.87. The van der Waals surface area contributed by atoms with Gasteiger partial charge in [-0.25, -0.2) is 14.4 Å². The number of hydrogen-bond donors (Lipinski definition) is 1. The lowest BCUT2D eigenvalue weighted by Gasteiger charge is -1.97. The number of aliphatic imine (C=N–C) groups is 2. The molecule has 0 heterocycles. The topological polar surface area (TPSA) is 105 Å². The molecule has 116 valence electrons. The predicted octanol–water partition coefficient (Wildman–Crippen LogP) is 3.29. The van der Waals surface area contributed by atoms with Gasteiger partial charge in [0.2, 0.25) is 12.2 Å². The first kappa shape index (κ1) is 19.1. The first-order chi connectivity index (χ1) is 10.5. The fraction of sp³-hybridized carbons (Fsp3) is 0.267. The molecule has 1 rings (SSSR count). The van der Waals surface area contributed by atoms with E-state index in [-0.39, 0.29) is 0 Å². The van der Waals surface area contributed by atoms with Gasteiger partial charge in [-0.15, -0.1) is 0 Å². The summed E-state index contributed by atoms with van der Waals surface area (Å²) in [6, 6.07) is 4.88. The summed E-state index contributed by atoms with van der Waals surface area (Å²) in [6.45, 7) is 7.09. The van der Waals surface area contributed by atoms with Crippen LogP contribution in [0.15, 0.2) is 40.3 Å². The summed E-state index contributed by atoms with van der Waals surface area (Å²) < 4.78 is 0. The summed E-state index contributed by atoms with van der Waals surface area (Å²) in [5, 5.41) is 7.82. The van der Waals surface area contributed by atoms with Gasteiger partial charge in [0.05, 0.1) is 11.4 Å². The number of benzene rings is 1. The van der Waals surface area contributed by atoms with Gasteiger partial charge in [0, 0.05) is 5.57 Å². The third kappa shape index (κ3) is 7.07. The van der Waals surface area contributed by atoms with E-state index in [1.54, 1.807) is 19.1 Å². The Morgan fingerprint density at radius 2 is 1.95 bits per heavy atom. The van der Waals surface area contributed by atoms with Crippen LogP contribution in [0, 0.1) is 6.92 Å². The van der Waals surface area contributed by atoms with E-state index in [9.17, 15) is 14.4 Å². The lowest BCUT2D eigenvalue weighted by Crippen LogP contribution is -2.02. The first-order valence-corrected chi connectivity index (χ1v) is 6.30. The minimum absolute atomic E-state index is 0.306. The molecule has 1 aromatic rings. The van der Waals surface area contributed by atoms with E-state index in [0.29, 0.717) is 23.4 Å². The van der Waals surface area contributed by atoms with E-state index in [0.717, 1.165) is 12.0 Å². The van der Waals surface area contributed by atoms with E-state index in [1.807, 2.05) is 6.92 Å². The quantitative estimate of drug-likeness (QED) is 0.295. The van der Waals surface area contributed by atoms with Crippen LogP contribution in [0.25, 0.3) is 0 Å². The molecule has 0 radical (unpaired) electrons. The van der Waals surface area contributed by atoms with E-state index in [4.69, 9.17) is 5.26 Å². The minimum atomic E-state index is -0.739. The SMILES string of the molecule is C=C(CCC)C(=O)OO.Cc1ccc(N=C=O)cc1N=C=O. The molecular formula is C15H16N2O5. The molecule has 7 nitrogen and oxygen atoms in total. The van der Waals surface area contributed by atoms with Crippen LogP contribution < -0.4 is 0 Å². The largest absolute Gasteiger partial charge is 0.368 e. The van der Waals surface area contributed by atoms with E-state index >= 15 is 0 Å². The summed E-state index contributed by atoms with van der Waals surface area (Å²) in [6.07, 6.45) is 4.23. The maximum atomic E-state index is 10.3. The minimum Gasteiger partial charge on any atom is -0.296 e. The molecule has 0 spiro atoms. The number of aryl methyl sites for hydroxylation is 1. The Kier molecular flexibility index (Phi) is 9.47. The Hall–Kier alpha value is -2.85. The lowest BCUT2D eigenvalue weighted by atomic mass is 10.2. The molecule has 0 amide bonds. The van der Waals surface area contributed by atoms with Crippen LogP contribution in [-0.2, 0) is 19.3 Å². The monoisotopic (exact) mass is 304 g/mol. The maximum absolute atomic E-state index is 10.3. The van der Waals surface area contributed by atoms with Gasteiger partial charge in [0.15, 0.2) is 0 Å². The van der Waals surface area contributed by atoms with Crippen LogP contribution in [0.1, 0.15) is 25.3 Å². The summed E-state index contributed by atoms with van der Waals surface area (Å²) in [5.41, 5.74) is 2.02. The summed E-state index contributed by atoms with van der Waals surface area (Å²) in [5.74, 6) is -0.739. The van der Waals surface area contributed by atoms with Crippen LogP contribution in [0.4, 0.5) is 11.4 Å². The molecular weight excluding hydrogens is 288 g/mol. The van der Waals surface area contributed by atoms with Gasteiger partial charge in [-0.2, -0.15) is 15.2 Å². The fourth-order valence-corrected chi connectivity index (χ4v) is 1.36. The van der Waals surface area contributed by atoms with Crippen LogP contribution in [-0.4, -0.2) is 23.4 Å². The zero-order chi connectivity index (χ0) is 17.0. The number of isocyanates is 2. The molecule has 0 aliphatic carbocycles. The number of carbonyl (C=O) groups is 1. The fourth-order valence-electron chi connectivity index (χ4n) is 1.36. The normalized spacial score (nSPS) is 8.50. The molecule has 0 aliphatic rings. The average molecular weight is 304 g/mol. The van der Waals surface area contributed by atoms with Gasteiger partial charge in [0.1, 0.15) is 0 Å². The number of nitrogens with zero attached hydrogens (tertiary/aromatic N) is 2. The Morgan fingerprint density at radius 1 is 1.32 bits per heavy atom. The van der Waals surface area contributed by atoms with Crippen LogP contribution >= 0.6 is 0 Å². The molecule has 1 aromatic carbocycles. The van der Waals surface area contributed by atoms with E-state index < -0.39 is 5.97 Å². The second-order valence-electron chi connectivity index (χ2n) is 4.11. The average Bonchev–Trinajstić information content (AvgIpc) is 2.51. The van der Waals surface area contributed by atoms with Gasteiger partial charge in [-0.3, -0.25) is 4.89 Å². The number of hydrogen-bond acceptors (Lipinski definition) is 7. The van der Waals surface area contributed by atoms with Crippen molar-refractivity contribution < 1.29 is 24.5 Å². The Balaban J connectivity index is 0.000000433. The molecule has 0 unspecified atom stereocenters. The van der Waals surface area contributed by atoms with Gasteiger partial charge >= 0.3 is 5.97 Å². The Bertz CT molecular complexity index is 627. The molecule has 0 aliphatic heterocycles. The van der Waals surface area contributed by atoms with Gasteiger partial charge < -0.3 is 0 Å². The molecule has 0 fully saturated rings. The Labute approximate surface area is 127 Å². The highest BCUT2D eigenvalue weighted by atomic mass is 17.1. The third-order valence-corrected chi connectivity index (χ3v) is 2.46. The molecule has 0 aromatic heterocycles. The molecule has 0 saturated carbocycles. The van der Waals surface area contributed by atoms with Crippen molar-refractivity contribution in [2.45, 2.75) is 26.7 Å². The van der Waals surface area contributed by atoms with Crippen molar-refractivity contribution in [3.05, 3.63) is 35.9 Å². The second kappa shape index (κ2) is 10.9. The van der Waals surface area contributed by atoms with Crippen LogP contribution in [0.3, 0.4) is 0 Å². The molecule has 0 bridgehead atoms. The smallest absolute Gasteiger partial charge is 0.296 e. The summed E-state index contributed by atoms with van der Waals surface area (Å²) >= 11 is 0. The summed E-state index contributed by atoms with van der Waals surface area (Å²) in [4.78, 5) is 40.5. The number of carbonyl (C=O) groups excluding carboxylic acids is 3. The van der Waals surface area contributed by atoms with Crippen molar-refractivity contribution in [2.24, 2.45) is 9.98 Å².